The Labute approximate surface area is 116 Å². The molecule has 20 heavy (non-hydrogen) atoms. The van der Waals surface area contributed by atoms with E-state index in [-0.39, 0.29) is 12.5 Å². The molecule has 2 aromatic heterocycles. The van der Waals surface area contributed by atoms with E-state index in [0.29, 0.717) is 13.2 Å². The number of rotatable bonds is 4. The van der Waals surface area contributed by atoms with Gasteiger partial charge in [-0.2, -0.15) is 0 Å². The number of ether oxygens (including phenoxy) is 1. The average molecular weight is 275 g/mol. The van der Waals surface area contributed by atoms with E-state index in [9.17, 15) is 4.79 Å². The summed E-state index contributed by atoms with van der Waals surface area (Å²) < 4.78 is 7.46. The number of hydrogen-bond donors (Lipinski definition) is 1. The van der Waals surface area contributed by atoms with Gasteiger partial charge in [-0.3, -0.25) is 9.69 Å². The third-order valence-corrected chi connectivity index (χ3v) is 3.42. The van der Waals surface area contributed by atoms with E-state index in [2.05, 4.69) is 9.88 Å². The van der Waals surface area contributed by atoms with Gasteiger partial charge in [0.1, 0.15) is 5.65 Å². The molecule has 3 heterocycles. The van der Waals surface area contributed by atoms with Crippen LogP contribution in [-0.2, 0) is 16.1 Å². The first kappa shape index (κ1) is 13.1. The Hall–Kier alpha value is -1.92. The van der Waals surface area contributed by atoms with Crippen molar-refractivity contribution in [1.29, 1.82) is 0 Å². The summed E-state index contributed by atoms with van der Waals surface area (Å²) in [6.45, 7) is 2.75. The maximum atomic E-state index is 10.7. The summed E-state index contributed by atoms with van der Waals surface area (Å²) in [6.07, 6.45) is 3.81. The molecule has 0 aromatic carbocycles. The number of imidazole rings is 1. The van der Waals surface area contributed by atoms with Crippen molar-refractivity contribution < 1.29 is 14.6 Å². The van der Waals surface area contributed by atoms with Gasteiger partial charge in [-0.05, 0) is 12.1 Å². The SMILES string of the molecule is O=C(O)CC1CN(Cc2cn3ccccc3n2)CCO1. The minimum absolute atomic E-state index is 0.0572. The molecule has 6 heteroatoms. The van der Waals surface area contributed by atoms with Crippen molar-refractivity contribution in [2.45, 2.75) is 19.1 Å². The minimum Gasteiger partial charge on any atom is -0.481 e. The number of carboxylic acids is 1. The van der Waals surface area contributed by atoms with Crippen molar-refractivity contribution in [3.8, 4) is 0 Å². The number of aliphatic carboxylic acids is 1. The van der Waals surface area contributed by atoms with Gasteiger partial charge in [0, 0.05) is 32.0 Å². The van der Waals surface area contributed by atoms with Crippen LogP contribution in [0.4, 0.5) is 0 Å². The van der Waals surface area contributed by atoms with Crippen LogP contribution in [0.25, 0.3) is 5.65 Å². The van der Waals surface area contributed by atoms with Crippen LogP contribution in [0.15, 0.2) is 30.6 Å². The van der Waals surface area contributed by atoms with Crippen molar-refractivity contribution >= 4 is 11.6 Å². The predicted molar refractivity (Wildman–Crippen MR) is 72.5 cm³/mol. The molecule has 3 rings (SSSR count). The fourth-order valence-corrected chi connectivity index (χ4v) is 2.53. The zero-order valence-electron chi connectivity index (χ0n) is 11.1. The monoisotopic (exact) mass is 275 g/mol. The van der Waals surface area contributed by atoms with E-state index in [4.69, 9.17) is 9.84 Å². The second-order valence-electron chi connectivity index (χ2n) is 5.02. The van der Waals surface area contributed by atoms with Gasteiger partial charge < -0.3 is 14.2 Å². The van der Waals surface area contributed by atoms with Crippen LogP contribution in [0, 0.1) is 0 Å². The number of hydrogen-bond acceptors (Lipinski definition) is 4. The summed E-state index contributed by atoms with van der Waals surface area (Å²) in [4.78, 5) is 17.5. The molecule has 1 aliphatic rings. The van der Waals surface area contributed by atoms with E-state index in [1.807, 2.05) is 35.0 Å². The number of morpholine rings is 1. The molecular weight excluding hydrogens is 258 g/mol. The molecule has 0 aliphatic carbocycles. The van der Waals surface area contributed by atoms with E-state index in [1.165, 1.54) is 0 Å². The molecular formula is C14H17N3O3. The molecule has 0 bridgehead atoms. The number of fused-ring (bicyclic) bond motifs is 1. The van der Waals surface area contributed by atoms with Gasteiger partial charge in [-0.1, -0.05) is 6.07 Å². The lowest BCUT2D eigenvalue weighted by molar-refractivity contribution is -0.142. The molecule has 1 saturated heterocycles. The molecule has 1 atom stereocenters. The van der Waals surface area contributed by atoms with Gasteiger partial charge in [-0.25, -0.2) is 4.98 Å². The molecule has 1 aliphatic heterocycles. The number of pyridine rings is 1. The maximum absolute atomic E-state index is 10.7. The second kappa shape index (κ2) is 5.60. The lowest BCUT2D eigenvalue weighted by Gasteiger charge is -2.31. The van der Waals surface area contributed by atoms with E-state index >= 15 is 0 Å². The summed E-state index contributed by atoms with van der Waals surface area (Å²) in [5.74, 6) is -0.815. The lowest BCUT2D eigenvalue weighted by atomic mass is 10.2. The standard InChI is InChI=1S/C14H17N3O3/c18-14(19)7-12-10-16(5-6-20-12)8-11-9-17-4-2-1-3-13(17)15-11/h1-4,9,12H,5-8,10H2,(H,18,19). The largest absolute Gasteiger partial charge is 0.481 e. The highest BCUT2D eigenvalue weighted by Gasteiger charge is 2.23. The van der Waals surface area contributed by atoms with Crippen molar-refractivity contribution in [2.24, 2.45) is 0 Å². The van der Waals surface area contributed by atoms with Crippen molar-refractivity contribution in [2.75, 3.05) is 19.7 Å². The minimum atomic E-state index is -0.815. The Balaban J connectivity index is 1.66. The van der Waals surface area contributed by atoms with Crippen LogP contribution in [0.1, 0.15) is 12.1 Å². The summed E-state index contributed by atoms with van der Waals surface area (Å²) in [5, 5.41) is 8.82. The van der Waals surface area contributed by atoms with Crippen LogP contribution in [0.2, 0.25) is 0 Å². The first-order valence-electron chi connectivity index (χ1n) is 6.69. The van der Waals surface area contributed by atoms with Gasteiger partial charge in [0.15, 0.2) is 0 Å². The summed E-state index contributed by atoms with van der Waals surface area (Å²) in [5.41, 5.74) is 1.92. The maximum Gasteiger partial charge on any atom is 0.306 e. The van der Waals surface area contributed by atoms with Crippen LogP contribution in [0.3, 0.4) is 0 Å². The molecule has 1 unspecified atom stereocenters. The molecule has 0 saturated carbocycles. The molecule has 1 fully saturated rings. The fourth-order valence-electron chi connectivity index (χ4n) is 2.53. The molecule has 1 N–H and O–H groups in total. The highest BCUT2D eigenvalue weighted by molar-refractivity contribution is 5.67. The van der Waals surface area contributed by atoms with E-state index < -0.39 is 5.97 Å². The molecule has 0 radical (unpaired) electrons. The third-order valence-electron chi connectivity index (χ3n) is 3.42. The van der Waals surface area contributed by atoms with E-state index in [0.717, 1.165) is 24.4 Å². The number of nitrogens with zero attached hydrogens (tertiary/aromatic N) is 3. The first-order chi connectivity index (χ1) is 9.70. The highest BCUT2D eigenvalue weighted by atomic mass is 16.5. The predicted octanol–water partition coefficient (Wildman–Crippen LogP) is 1.01. The Bertz CT molecular complexity index is 577. The summed E-state index contributed by atoms with van der Waals surface area (Å²) in [6, 6.07) is 5.90. The molecule has 6 nitrogen and oxygen atoms in total. The highest BCUT2D eigenvalue weighted by Crippen LogP contribution is 2.13. The third kappa shape index (κ3) is 2.97. The first-order valence-corrected chi connectivity index (χ1v) is 6.69. The second-order valence-corrected chi connectivity index (χ2v) is 5.02. The van der Waals surface area contributed by atoms with Crippen molar-refractivity contribution in [1.82, 2.24) is 14.3 Å². The Morgan fingerprint density at radius 3 is 3.20 bits per heavy atom. The van der Waals surface area contributed by atoms with Gasteiger partial charge in [-0.15, -0.1) is 0 Å². The van der Waals surface area contributed by atoms with Gasteiger partial charge in [0.05, 0.1) is 24.8 Å². The van der Waals surface area contributed by atoms with Crippen LogP contribution < -0.4 is 0 Å². The zero-order valence-corrected chi connectivity index (χ0v) is 11.1. The smallest absolute Gasteiger partial charge is 0.306 e. The number of carboxylic acid groups (broad SMARTS) is 1. The van der Waals surface area contributed by atoms with Crippen molar-refractivity contribution in [3.05, 3.63) is 36.3 Å². The average Bonchev–Trinajstić information content (AvgIpc) is 2.80. The normalized spacial score (nSPS) is 20.3. The molecule has 2 aromatic rings. The van der Waals surface area contributed by atoms with Crippen LogP contribution in [-0.4, -0.2) is 51.2 Å². The Morgan fingerprint density at radius 1 is 1.50 bits per heavy atom. The fraction of sp³-hybridized carbons (Fsp3) is 0.429. The summed E-state index contributed by atoms with van der Waals surface area (Å²) in [7, 11) is 0. The van der Waals surface area contributed by atoms with Gasteiger partial charge in [0.2, 0.25) is 0 Å². The summed E-state index contributed by atoms with van der Waals surface area (Å²) >= 11 is 0. The van der Waals surface area contributed by atoms with Crippen LogP contribution >= 0.6 is 0 Å². The topological polar surface area (TPSA) is 67.1 Å². The zero-order chi connectivity index (χ0) is 13.9. The Kier molecular flexibility index (Phi) is 3.66. The number of aromatic nitrogens is 2. The van der Waals surface area contributed by atoms with Crippen LogP contribution in [0.5, 0.6) is 0 Å². The number of carbonyl (C=O) groups is 1. The molecule has 106 valence electrons. The quantitative estimate of drug-likeness (QED) is 0.902. The van der Waals surface area contributed by atoms with Gasteiger partial charge >= 0.3 is 5.97 Å². The molecule has 0 spiro atoms. The van der Waals surface area contributed by atoms with E-state index in [1.54, 1.807) is 0 Å². The lowest BCUT2D eigenvalue weighted by Crippen LogP contribution is -2.42. The Morgan fingerprint density at radius 2 is 2.40 bits per heavy atom. The van der Waals surface area contributed by atoms with Gasteiger partial charge in [0.25, 0.3) is 0 Å². The van der Waals surface area contributed by atoms with Crippen molar-refractivity contribution in [3.63, 3.8) is 0 Å². The molecule has 0 amide bonds.